The summed E-state index contributed by atoms with van der Waals surface area (Å²) in [4.78, 5) is 15.1. The zero-order chi connectivity index (χ0) is 22.9. The third-order valence-electron chi connectivity index (χ3n) is 6.26. The monoisotopic (exact) mass is 444 g/mol. The van der Waals surface area contributed by atoms with Gasteiger partial charge in [-0.15, -0.1) is 0 Å². The number of amides is 1. The first kappa shape index (κ1) is 22.4. The fourth-order valence-corrected chi connectivity index (χ4v) is 4.47. The number of anilines is 1. The molecule has 170 valence electrons. The summed E-state index contributed by atoms with van der Waals surface area (Å²) in [5, 5.41) is 3.01. The van der Waals surface area contributed by atoms with Gasteiger partial charge in [-0.05, 0) is 81.1 Å². The van der Waals surface area contributed by atoms with Crippen molar-refractivity contribution in [1.29, 1.82) is 0 Å². The number of alkyl halides is 3. The van der Waals surface area contributed by atoms with E-state index in [0.717, 1.165) is 42.6 Å². The number of hydrogen-bond acceptors (Lipinski definition) is 3. The number of likely N-dealkylation sites (N-methyl/N-ethyl adjacent to an activating group) is 1. The van der Waals surface area contributed by atoms with E-state index in [-0.39, 0.29) is 11.7 Å². The van der Waals surface area contributed by atoms with Crippen LogP contribution in [0.3, 0.4) is 0 Å². The molecule has 32 heavy (non-hydrogen) atoms. The van der Waals surface area contributed by atoms with Crippen LogP contribution in [-0.4, -0.2) is 37.6 Å². The van der Waals surface area contributed by atoms with Gasteiger partial charge in [0.2, 0.25) is 5.91 Å². The molecule has 1 N–H and O–H groups in total. The lowest BCUT2D eigenvalue weighted by Gasteiger charge is -2.31. The van der Waals surface area contributed by atoms with Crippen molar-refractivity contribution in [2.75, 3.05) is 26.0 Å². The summed E-state index contributed by atoms with van der Waals surface area (Å²) >= 11 is 0. The molecule has 4 rings (SSSR count). The maximum absolute atomic E-state index is 13.1. The number of nitrogens with one attached hydrogen (secondary N) is 1. The van der Waals surface area contributed by atoms with Crippen molar-refractivity contribution in [1.82, 2.24) is 4.90 Å². The van der Waals surface area contributed by atoms with Crippen molar-refractivity contribution in [2.45, 2.75) is 44.3 Å². The first-order valence-electron chi connectivity index (χ1n) is 10.9. The molecule has 2 aromatic carbocycles. The second kappa shape index (κ2) is 8.98. The van der Waals surface area contributed by atoms with Crippen LogP contribution in [0.25, 0.3) is 5.57 Å². The van der Waals surface area contributed by atoms with Gasteiger partial charge in [-0.25, -0.2) is 0 Å². The highest BCUT2D eigenvalue weighted by atomic mass is 19.4. The van der Waals surface area contributed by atoms with Gasteiger partial charge in [-0.3, -0.25) is 4.79 Å². The van der Waals surface area contributed by atoms with Crippen LogP contribution < -0.4 is 10.1 Å². The third kappa shape index (κ3) is 4.83. The normalized spacial score (nSPS) is 19.7. The summed E-state index contributed by atoms with van der Waals surface area (Å²) in [5.74, 6) is -0.115. The van der Waals surface area contributed by atoms with Crippen LogP contribution >= 0.6 is 0 Å². The molecule has 0 spiro atoms. The van der Waals surface area contributed by atoms with E-state index in [9.17, 15) is 18.0 Å². The molecule has 4 nitrogen and oxygen atoms in total. The lowest BCUT2D eigenvalue weighted by molar-refractivity contribution is -0.137. The van der Waals surface area contributed by atoms with Crippen LogP contribution in [0.5, 0.6) is 5.75 Å². The first-order valence-corrected chi connectivity index (χ1v) is 10.9. The molecule has 1 aliphatic carbocycles. The van der Waals surface area contributed by atoms with Crippen LogP contribution in [0.15, 0.2) is 42.5 Å². The molecular weight excluding hydrogens is 417 g/mol. The summed E-state index contributed by atoms with van der Waals surface area (Å²) in [6.45, 7) is 0.311. The Labute approximate surface area is 186 Å². The number of ether oxygens (including phenoxy) is 1. The van der Waals surface area contributed by atoms with Crippen molar-refractivity contribution >= 4 is 17.2 Å². The second-order valence-corrected chi connectivity index (χ2v) is 8.62. The van der Waals surface area contributed by atoms with Gasteiger partial charge in [0.05, 0.1) is 12.2 Å². The fraction of sp³-hybridized carbons (Fsp3) is 0.400. The minimum atomic E-state index is -4.44. The van der Waals surface area contributed by atoms with Crippen LogP contribution in [0.1, 0.15) is 41.5 Å². The van der Waals surface area contributed by atoms with Gasteiger partial charge in [0, 0.05) is 23.4 Å². The van der Waals surface area contributed by atoms with Gasteiger partial charge >= 0.3 is 6.18 Å². The van der Waals surface area contributed by atoms with Crippen LogP contribution in [0.4, 0.5) is 18.9 Å². The Morgan fingerprint density at radius 3 is 2.75 bits per heavy atom. The summed E-state index contributed by atoms with van der Waals surface area (Å²) in [7, 11) is 4.13. The number of carbonyl (C=O) groups excluding carboxylic acids is 1. The molecule has 1 unspecified atom stereocenters. The molecule has 0 aromatic heterocycles. The molecular formula is C25H27F3N2O2. The summed E-state index contributed by atoms with van der Waals surface area (Å²) in [6.07, 6.45) is 1.15. The quantitative estimate of drug-likeness (QED) is 0.652. The smallest absolute Gasteiger partial charge is 0.416 e. The molecule has 1 heterocycles. The third-order valence-corrected chi connectivity index (χ3v) is 6.26. The Balaban J connectivity index is 1.59. The van der Waals surface area contributed by atoms with Gasteiger partial charge < -0.3 is 15.0 Å². The Morgan fingerprint density at radius 2 is 2.00 bits per heavy atom. The fourth-order valence-electron chi connectivity index (χ4n) is 4.47. The molecule has 0 bridgehead atoms. The predicted molar refractivity (Wildman–Crippen MR) is 119 cm³/mol. The Hall–Kier alpha value is -2.80. The van der Waals surface area contributed by atoms with E-state index in [1.807, 2.05) is 12.1 Å². The lowest BCUT2D eigenvalue weighted by atomic mass is 9.86. The Bertz CT molecular complexity index is 1040. The zero-order valence-corrected chi connectivity index (χ0v) is 18.3. The molecule has 2 aromatic rings. The van der Waals surface area contributed by atoms with Crippen molar-refractivity contribution in [3.8, 4) is 5.75 Å². The number of rotatable bonds is 3. The molecule has 2 aliphatic rings. The number of carbonyl (C=O) groups is 1. The highest BCUT2D eigenvalue weighted by molar-refractivity contribution is 6.04. The SMILES string of the molecule is CN(C)C1CCc2cccc(NC(=O)C=C3CCCOc4cc(C(F)(F)F)ccc43)c2C1. The van der Waals surface area contributed by atoms with Crippen molar-refractivity contribution in [2.24, 2.45) is 0 Å². The number of hydrogen-bond donors (Lipinski definition) is 1. The van der Waals surface area contributed by atoms with Gasteiger partial charge in [-0.2, -0.15) is 13.2 Å². The topological polar surface area (TPSA) is 41.6 Å². The van der Waals surface area contributed by atoms with Crippen LogP contribution in [-0.2, 0) is 23.8 Å². The molecule has 7 heteroatoms. The minimum absolute atomic E-state index is 0.169. The van der Waals surface area contributed by atoms with E-state index in [2.05, 4.69) is 30.4 Å². The highest BCUT2D eigenvalue weighted by Crippen LogP contribution is 2.38. The molecule has 1 atom stereocenters. The van der Waals surface area contributed by atoms with E-state index in [1.165, 1.54) is 17.7 Å². The number of benzene rings is 2. The maximum atomic E-state index is 13.1. The van der Waals surface area contributed by atoms with E-state index in [1.54, 1.807) is 0 Å². The minimum Gasteiger partial charge on any atom is -0.493 e. The number of aryl methyl sites for hydroxylation is 1. The van der Waals surface area contributed by atoms with E-state index >= 15 is 0 Å². The Morgan fingerprint density at radius 1 is 1.19 bits per heavy atom. The molecule has 0 saturated carbocycles. The molecule has 0 saturated heterocycles. The average Bonchev–Trinajstić information content (AvgIpc) is 2.94. The predicted octanol–water partition coefficient (Wildman–Crippen LogP) is 5.32. The molecule has 0 radical (unpaired) electrons. The van der Waals surface area contributed by atoms with Crippen molar-refractivity contribution in [3.05, 3.63) is 64.7 Å². The molecule has 1 amide bonds. The Kier molecular flexibility index (Phi) is 6.29. The van der Waals surface area contributed by atoms with Gasteiger partial charge in [0.15, 0.2) is 0 Å². The van der Waals surface area contributed by atoms with Crippen LogP contribution in [0, 0.1) is 0 Å². The average molecular weight is 444 g/mol. The zero-order valence-electron chi connectivity index (χ0n) is 18.3. The standard InChI is InChI=1S/C25H27F3N2O2/c1-30(2)19-10-8-16-5-3-7-22(21(16)15-19)29-24(31)13-17-6-4-12-32-23-14-18(25(26,27)28)9-11-20(17)23/h3,5,7,9,11,13-14,19H,4,6,8,10,12,15H2,1-2H3,(H,29,31). The van der Waals surface area contributed by atoms with Crippen molar-refractivity contribution in [3.63, 3.8) is 0 Å². The summed E-state index contributed by atoms with van der Waals surface area (Å²) in [5.41, 5.74) is 3.67. The second-order valence-electron chi connectivity index (χ2n) is 8.62. The van der Waals surface area contributed by atoms with Gasteiger partial charge in [-0.1, -0.05) is 18.2 Å². The van der Waals surface area contributed by atoms with E-state index in [4.69, 9.17) is 4.74 Å². The highest BCUT2D eigenvalue weighted by Gasteiger charge is 2.32. The molecule has 1 aliphatic heterocycles. The van der Waals surface area contributed by atoms with Gasteiger partial charge in [0.25, 0.3) is 0 Å². The summed E-state index contributed by atoms with van der Waals surface area (Å²) in [6, 6.07) is 9.84. The summed E-state index contributed by atoms with van der Waals surface area (Å²) < 4.78 is 44.8. The number of fused-ring (bicyclic) bond motifs is 2. The van der Waals surface area contributed by atoms with E-state index < -0.39 is 11.7 Å². The van der Waals surface area contributed by atoms with Crippen molar-refractivity contribution < 1.29 is 22.7 Å². The number of nitrogens with zero attached hydrogens (tertiary/aromatic N) is 1. The molecule has 0 fully saturated rings. The van der Waals surface area contributed by atoms with E-state index in [0.29, 0.717) is 36.6 Å². The van der Waals surface area contributed by atoms with Gasteiger partial charge in [0.1, 0.15) is 5.75 Å². The van der Waals surface area contributed by atoms with Crippen LogP contribution in [0.2, 0.25) is 0 Å². The largest absolute Gasteiger partial charge is 0.493 e. The first-order chi connectivity index (χ1) is 15.2. The lowest BCUT2D eigenvalue weighted by Crippen LogP contribution is -2.34. The number of allylic oxidation sites excluding steroid dienone is 1. The maximum Gasteiger partial charge on any atom is 0.416 e. The number of halogens is 3.